The van der Waals surface area contributed by atoms with Crippen LogP contribution in [0.5, 0.6) is 0 Å². The number of halogens is 1. The van der Waals surface area contributed by atoms with Crippen LogP contribution >= 0.6 is 11.6 Å². The van der Waals surface area contributed by atoms with Gasteiger partial charge >= 0.3 is 0 Å². The molecule has 96 valence electrons. The van der Waals surface area contributed by atoms with Crippen LogP contribution < -0.4 is 10.9 Å². The van der Waals surface area contributed by atoms with Crippen LogP contribution in [-0.4, -0.2) is 24.5 Å². The summed E-state index contributed by atoms with van der Waals surface area (Å²) in [5, 5.41) is 0.335. The smallest absolute Gasteiger partial charge is 0.271 e. The van der Waals surface area contributed by atoms with E-state index in [0.29, 0.717) is 23.6 Å². The largest absolute Gasteiger partial charge is 0.368 e. The average Bonchev–Trinajstić information content (AvgIpc) is 2.90. The first-order valence-corrected chi connectivity index (χ1v) is 6.02. The lowest BCUT2D eigenvalue weighted by atomic mass is 10.2. The highest BCUT2D eigenvalue weighted by atomic mass is 35.5. The van der Waals surface area contributed by atoms with E-state index in [9.17, 15) is 9.59 Å². The summed E-state index contributed by atoms with van der Waals surface area (Å²) in [5.74, 6) is -0.792. The maximum atomic E-state index is 11.7. The number of carbonyl (C=O) groups excluding carboxylic acids is 2. The fourth-order valence-electron chi connectivity index (χ4n) is 1.70. The van der Waals surface area contributed by atoms with Gasteiger partial charge in [-0.25, -0.2) is 0 Å². The van der Waals surface area contributed by atoms with E-state index in [0.717, 1.165) is 6.42 Å². The molecule has 6 heteroatoms. The Kier molecular flexibility index (Phi) is 4.17. The van der Waals surface area contributed by atoms with Crippen LogP contribution in [0.15, 0.2) is 24.3 Å². The molecule has 1 aromatic rings. The van der Waals surface area contributed by atoms with E-state index in [4.69, 9.17) is 16.3 Å². The molecule has 5 nitrogen and oxygen atoms in total. The molecule has 1 saturated heterocycles. The number of ether oxygens (including phenoxy) is 1. The highest BCUT2D eigenvalue weighted by Gasteiger charge is 2.23. The molecule has 1 aromatic carbocycles. The molecule has 1 aliphatic heterocycles. The Balaban J connectivity index is 1.88. The average molecular weight is 269 g/mol. The zero-order valence-corrected chi connectivity index (χ0v) is 10.4. The topological polar surface area (TPSA) is 67.4 Å². The zero-order valence-electron chi connectivity index (χ0n) is 9.61. The monoisotopic (exact) mass is 268 g/mol. The highest BCUT2D eigenvalue weighted by Crippen LogP contribution is 2.14. The van der Waals surface area contributed by atoms with Crippen molar-refractivity contribution in [3.8, 4) is 0 Å². The van der Waals surface area contributed by atoms with Crippen molar-refractivity contribution >= 4 is 23.4 Å². The number of nitrogens with one attached hydrogen (secondary N) is 2. The van der Waals surface area contributed by atoms with Crippen molar-refractivity contribution in [2.24, 2.45) is 0 Å². The summed E-state index contributed by atoms with van der Waals surface area (Å²) in [4.78, 5) is 23.3. The minimum atomic E-state index is -0.475. The number of hydrazine groups is 1. The Bertz CT molecular complexity index is 458. The van der Waals surface area contributed by atoms with Crippen molar-refractivity contribution in [2.75, 3.05) is 6.61 Å². The van der Waals surface area contributed by atoms with Gasteiger partial charge in [0.1, 0.15) is 6.10 Å². The zero-order chi connectivity index (χ0) is 13.0. The quantitative estimate of drug-likeness (QED) is 0.794. The van der Waals surface area contributed by atoms with Gasteiger partial charge in [0.25, 0.3) is 11.8 Å². The fourth-order valence-corrected chi connectivity index (χ4v) is 1.92. The first kappa shape index (κ1) is 12.9. The van der Waals surface area contributed by atoms with Gasteiger partial charge in [0, 0.05) is 6.61 Å². The maximum absolute atomic E-state index is 11.7. The number of carbonyl (C=O) groups is 2. The van der Waals surface area contributed by atoms with Gasteiger partial charge in [-0.3, -0.25) is 20.4 Å². The third-order valence-electron chi connectivity index (χ3n) is 2.64. The van der Waals surface area contributed by atoms with E-state index >= 15 is 0 Å². The normalized spacial score (nSPS) is 18.4. The number of amides is 2. The van der Waals surface area contributed by atoms with E-state index in [2.05, 4.69) is 10.9 Å². The van der Waals surface area contributed by atoms with Gasteiger partial charge in [0.15, 0.2) is 0 Å². The van der Waals surface area contributed by atoms with Gasteiger partial charge in [0.2, 0.25) is 0 Å². The van der Waals surface area contributed by atoms with Crippen molar-refractivity contribution in [2.45, 2.75) is 18.9 Å². The van der Waals surface area contributed by atoms with E-state index < -0.39 is 12.0 Å². The van der Waals surface area contributed by atoms with Crippen molar-refractivity contribution < 1.29 is 14.3 Å². The van der Waals surface area contributed by atoms with Gasteiger partial charge in [-0.2, -0.15) is 0 Å². The molecule has 2 amide bonds. The molecule has 0 radical (unpaired) electrons. The summed E-state index contributed by atoms with van der Waals surface area (Å²) in [7, 11) is 0. The Morgan fingerprint density at radius 1 is 1.28 bits per heavy atom. The summed E-state index contributed by atoms with van der Waals surface area (Å²) in [6.07, 6.45) is 1.06. The maximum Gasteiger partial charge on any atom is 0.271 e. The predicted octanol–water partition coefficient (Wildman–Crippen LogP) is 1.28. The molecule has 0 bridgehead atoms. The summed E-state index contributed by atoms with van der Waals surface area (Å²) in [6, 6.07) is 6.61. The molecule has 1 fully saturated rings. The van der Waals surface area contributed by atoms with E-state index in [1.165, 1.54) is 0 Å². The van der Waals surface area contributed by atoms with Crippen LogP contribution in [0.25, 0.3) is 0 Å². The lowest BCUT2D eigenvalue weighted by molar-refractivity contribution is -0.130. The second kappa shape index (κ2) is 5.84. The summed E-state index contributed by atoms with van der Waals surface area (Å²) in [6.45, 7) is 0.580. The van der Waals surface area contributed by atoms with Crippen molar-refractivity contribution in [1.29, 1.82) is 0 Å². The molecule has 0 aliphatic carbocycles. The van der Waals surface area contributed by atoms with E-state index in [1.54, 1.807) is 24.3 Å². The lowest BCUT2D eigenvalue weighted by Crippen LogP contribution is -2.46. The van der Waals surface area contributed by atoms with Crippen LogP contribution in [0.1, 0.15) is 23.2 Å². The van der Waals surface area contributed by atoms with Crippen LogP contribution in [-0.2, 0) is 9.53 Å². The molecule has 0 unspecified atom stereocenters. The number of benzene rings is 1. The molecule has 0 aromatic heterocycles. The molecule has 1 aliphatic rings. The van der Waals surface area contributed by atoms with Crippen LogP contribution in [0.4, 0.5) is 0 Å². The predicted molar refractivity (Wildman–Crippen MR) is 66.0 cm³/mol. The number of rotatable bonds is 2. The summed E-state index contributed by atoms with van der Waals surface area (Å²) >= 11 is 5.86. The van der Waals surface area contributed by atoms with Crippen LogP contribution in [0, 0.1) is 0 Å². The molecule has 2 N–H and O–H groups in total. The minimum Gasteiger partial charge on any atom is -0.368 e. The summed E-state index contributed by atoms with van der Waals surface area (Å²) < 4.78 is 5.19. The van der Waals surface area contributed by atoms with Gasteiger partial charge in [-0.15, -0.1) is 0 Å². The molecule has 0 spiro atoms. The standard InChI is InChI=1S/C12H13ClN2O3/c13-9-5-2-1-4-8(9)11(16)14-15-12(17)10-6-3-7-18-10/h1-2,4-5,10H,3,6-7H2,(H,14,16)(H,15,17)/t10-/m0/s1. The van der Waals surface area contributed by atoms with Crippen LogP contribution in [0.3, 0.4) is 0 Å². The van der Waals surface area contributed by atoms with E-state index in [-0.39, 0.29) is 5.91 Å². The van der Waals surface area contributed by atoms with Gasteiger partial charge in [-0.05, 0) is 25.0 Å². The molecule has 1 heterocycles. The first-order valence-electron chi connectivity index (χ1n) is 5.65. The lowest BCUT2D eigenvalue weighted by Gasteiger charge is -2.11. The fraction of sp³-hybridized carbons (Fsp3) is 0.333. The second-order valence-corrected chi connectivity index (χ2v) is 4.33. The van der Waals surface area contributed by atoms with Crippen molar-refractivity contribution in [1.82, 2.24) is 10.9 Å². The van der Waals surface area contributed by atoms with E-state index in [1.807, 2.05) is 0 Å². The van der Waals surface area contributed by atoms with Gasteiger partial charge in [0.05, 0.1) is 10.6 Å². The summed E-state index contributed by atoms with van der Waals surface area (Å²) in [5.41, 5.74) is 4.95. The third kappa shape index (κ3) is 3.00. The number of hydrogen-bond donors (Lipinski definition) is 2. The first-order chi connectivity index (χ1) is 8.68. The van der Waals surface area contributed by atoms with Crippen molar-refractivity contribution in [3.63, 3.8) is 0 Å². The second-order valence-electron chi connectivity index (χ2n) is 3.92. The number of hydrogen-bond acceptors (Lipinski definition) is 3. The Morgan fingerprint density at radius 2 is 2.06 bits per heavy atom. The molecular weight excluding hydrogens is 256 g/mol. The SMILES string of the molecule is O=C(NNC(=O)[C@@H]1CCCO1)c1ccccc1Cl. The molecule has 1 atom stereocenters. The molecule has 2 rings (SSSR count). The third-order valence-corrected chi connectivity index (χ3v) is 2.97. The molecular formula is C12H13ClN2O3. The Morgan fingerprint density at radius 3 is 2.72 bits per heavy atom. The van der Waals surface area contributed by atoms with Gasteiger partial charge in [-0.1, -0.05) is 23.7 Å². The van der Waals surface area contributed by atoms with Crippen LogP contribution in [0.2, 0.25) is 5.02 Å². The van der Waals surface area contributed by atoms with Gasteiger partial charge < -0.3 is 4.74 Å². The van der Waals surface area contributed by atoms with Crippen molar-refractivity contribution in [3.05, 3.63) is 34.9 Å². The minimum absolute atomic E-state index is 0.312. The molecule has 0 saturated carbocycles. The highest BCUT2D eigenvalue weighted by molar-refractivity contribution is 6.33. The Hall–Kier alpha value is -1.59. The molecule has 18 heavy (non-hydrogen) atoms. The Labute approximate surface area is 109 Å².